The highest BCUT2D eigenvalue weighted by Crippen LogP contribution is 2.30. The van der Waals surface area contributed by atoms with Crippen molar-refractivity contribution in [3.8, 4) is 0 Å². The van der Waals surface area contributed by atoms with Crippen LogP contribution in [0.4, 0.5) is 11.4 Å². The molecule has 6 nitrogen and oxygen atoms in total. The Morgan fingerprint density at radius 3 is 2.85 bits per heavy atom. The maximum absolute atomic E-state index is 10.9. The second-order valence-electron chi connectivity index (χ2n) is 5.79. The lowest BCUT2D eigenvalue weighted by atomic mass is 10.0. The van der Waals surface area contributed by atoms with Crippen molar-refractivity contribution in [3.63, 3.8) is 0 Å². The number of nitro groups is 1. The number of hydrogen-bond donors (Lipinski definition) is 1. The van der Waals surface area contributed by atoms with Crippen molar-refractivity contribution in [2.75, 3.05) is 24.6 Å². The minimum atomic E-state index is -0.400. The second kappa shape index (κ2) is 5.38. The molecule has 0 saturated carbocycles. The van der Waals surface area contributed by atoms with Gasteiger partial charge in [-0.3, -0.25) is 10.1 Å². The Morgan fingerprint density at radius 1 is 1.55 bits per heavy atom. The van der Waals surface area contributed by atoms with Crippen molar-refractivity contribution in [2.45, 2.75) is 32.5 Å². The monoisotopic (exact) mass is 280 g/mol. The quantitative estimate of drug-likeness (QED) is 0.676. The van der Waals surface area contributed by atoms with E-state index in [9.17, 15) is 15.2 Å². The van der Waals surface area contributed by atoms with Gasteiger partial charge in [-0.05, 0) is 26.3 Å². The molecule has 1 atom stereocenters. The summed E-state index contributed by atoms with van der Waals surface area (Å²) in [5.74, 6) is 0. The molecule has 0 amide bonds. The van der Waals surface area contributed by atoms with E-state index in [1.54, 1.807) is 12.1 Å². The molecular weight excluding hydrogens is 260 g/mol. The number of ether oxygens (including phenoxy) is 1. The van der Waals surface area contributed by atoms with Gasteiger partial charge in [-0.2, -0.15) is 0 Å². The van der Waals surface area contributed by atoms with Crippen LogP contribution in [0.1, 0.15) is 19.4 Å². The van der Waals surface area contributed by atoms with Gasteiger partial charge in [0, 0.05) is 30.9 Å². The fraction of sp³-hybridized carbons (Fsp3) is 0.571. The lowest BCUT2D eigenvalue weighted by molar-refractivity contribution is -0.384. The van der Waals surface area contributed by atoms with Crippen LogP contribution in [0.15, 0.2) is 18.2 Å². The van der Waals surface area contributed by atoms with Crippen LogP contribution in [0.25, 0.3) is 0 Å². The first kappa shape index (κ1) is 14.7. The van der Waals surface area contributed by atoms with Gasteiger partial charge in [0.05, 0.1) is 23.2 Å². The molecule has 0 radical (unpaired) electrons. The largest absolute Gasteiger partial charge is 0.394 e. The number of nitrogens with zero attached hydrogens (tertiary/aromatic N) is 2. The fourth-order valence-corrected chi connectivity index (χ4v) is 2.63. The lowest BCUT2D eigenvalue weighted by Crippen LogP contribution is -2.54. The molecule has 1 aliphatic rings. The molecule has 1 unspecified atom stereocenters. The smallest absolute Gasteiger partial charge is 0.271 e. The molecule has 1 aliphatic heterocycles. The molecule has 1 heterocycles. The normalized spacial score (nSPS) is 21.8. The van der Waals surface area contributed by atoms with Crippen LogP contribution in [0.3, 0.4) is 0 Å². The van der Waals surface area contributed by atoms with E-state index in [-0.39, 0.29) is 18.4 Å². The van der Waals surface area contributed by atoms with Crippen molar-refractivity contribution >= 4 is 11.4 Å². The Hall–Kier alpha value is -1.66. The zero-order chi connectivity index (χ0) is 14.9. The standard InChI is InChI=1S/C14H20N2O4/c1-10-4-5-11(16(18)19)6-13(10)15-7-12(8-17)20-14(2,3)9-15/h4-6,12,17H,7-9H2,1-3H3. The van der Waals surface area contributed by atoms with Crippen molar-refractivity contribution in [3.05, 3.63) is 33.9 Å². The molecule has 2 rings (SSSR count). The van der Waals surface area contributed by atoms with E-state index < -0.39 is 10.5 Å². The van der Waals surface area contributed by atoms with E-state index in [1.807, 2.05) is 25.7 Å². The van der Waals surface area contributed by atoms with E-state index in [0.29, 0.717) is 13.1 Å². The Labute approximate surface area is 118 Å². The van der Waals surface area contributed by atoms with Gasteiger partial charge in [0.2, 0.25) is 0 Å². The predicted octanol–water partition coefficient (Wildman–Crippen LogP) is 1.88. The Bertz CT molecular complexity index is 516. The first-order chi connectivity index (χ1) is 9.32. The summed E-state index contributed by atoms with van der Waals surface area (Å²) >= 11 is 0. The maximum Gasteiger partial charge on any atom is 0.271 e. The second-order valence-corrected chi connectivity index (χ2v) is 5.79. The third-order valence-corrected chi connectivity index (χ3v) is 3.43. The third kappa shape index (κ3) is 3.08. The number of hydrogen-bond acceptors (Lipinski definition) is 5. The summed E-state index contributed by atoms with van der Waals surface area (Å²) in [5.41, 5.74) is 1.48. The van der Waals surface area contributed by atoms with Crippen molar-refractivity contribution in [2.24, 2.45) is 0 Å². The summed E-state index contributed by atoms with van der Waals surface area (Å²) < 4.78 is 5.77. The zero-order valence-corrected chi connectivity index (χ0v) is 12.0. The number of anilines is 1. The number of aliphatic hydroxyl groups is 1. The van der Waals surface area contributed by atoms with E-state index in [0.717, 1.165) is 11.3 Å². The SMILES string of the molecule is Cc1ccc([N+](=O)[O-])cc1N1CC(CO)OC(C)(C)C1. The van der Waals surface area contributed by atoms with Crippen LogP contribution in [-0.4, -0.2) is 41.4 Å². The van der Waals surface area contributed by atoms with Gasteiger partial charge in [0.15, 0.2) is 0 Å². The molecule has 0 aliphatic carbocycles. The van der Waals surface area contributed by atoms with Crippen LogP contribution in [-0.2, 0) is 4.74 Å². The number of rotatable bonds is 3. The van der Waals surface area contributed by atoms with Gasteiger partial charge < -0.3 is 14.7 Å². The molecule has 110 valence electrons. The molecule has 1 N–H and O–H groups in total. The number of aliphatic hydroxyl groups excluding tert-OH is 1. The van der Waals surface area contributed by atoms with Crippen LogP contribution in [0, 0.1) is 17.0 Å². The summed E-state index contributed by atoms with van der Waals surface area (Å²) in [5, 5.41) is 20.3. The fourth-order valence-electron chi connectivity index (χ4n) is 2.63. The molecule has 1 aromatic rings. The number of nitro benzene ring substituents is 1. The summed E-state index contributed by atoms with van der Waals surface area (Å²) in [6, 6.07) is 4.85. The first-order valence-corrected chi connectivity index (χ1v) is 6.61. The highest BCUT2D eigenvalue weighted by Gasteiger charge is 2.34. The van der Waals surface area contributed by atoms with Gasteiger partial charge in [-0.25, -0.2) is 0 Å². The lowest BCUT2D eigenvalue weighted by Gasteiger charge is -2.43. The zero-order valence-electron chi connectivity index (χ0n) is 12.0. The van der Waals surface area contributed by atoms with Crippen LogP contribution in [0.2, 0.25) is 0 Å². The van der Waals surface area contributed by atoms with E-state index >= 15 is 0 Å². The number of aryl methyl sites for hydroxylation is 1. The van der Waals surface area contributed by atoms with Crippen molar-refractivity contribution in [1.82, 2.24) is 0 Å². The summed E-state index contributed by atoms with van der Waals surface area (Å²) in [4.78, 5) is 12.6. The van der Waals surface area contributed by atoms with E-state index in [1.165, 1.54) is 6.07 Å². The minimum absolute atomic E-state index is 0.0616. The Morgan fingerprint density at radius 2 is 2.25 bits per heavy atom. The van der Waals surface area contributed by atoms with Gasteiger partial charge in [-0.15, -0.1) is 0 Å². The van der Waals surface area contributed by atoms with Gasteiger partial charge in [0.1, 0.15) is 0 Å². The third-order valence-electron chi connectivity index (χ3n) is 3.43. The predicted molar refractivity (Wildman–Crippen MR) is 76.1 cm³/mol. The van der Waals surface area contributed by atoms with Crippen molar-refractivity contribution < 1.29 is 14.8 Å². The van der Waals surface area contributed by atoms with Gasteiger partial charge in [-0.1, -0.05) is 6.07 Å². The van der Waals surface area contributed by atoms with Crippen LogP contribution in [0.5, 0.6) is 0 Å². The molecule has 1 fully saturated rings. The molecular formula is C14H20N2O4. The van der Waals surface area contributed by atoms with Crippen LogP contribution < -0.4 is 4.90 Å². The van der Waals surface area contributed by atoms with Crippen molar-refractivity contribution in [1.29, 1.82) is 0 Å². The Balaban J connectivity index is 2.34. The molecule has 1 saturated heterocycles. The average Bonchev–Trinajstić information content (AvgIpc) is 2.36. The highest BCUT2D eigenvalue weighted by molar-refractivity contribution is 5.59. The van der Waals surface area contributed by atoms with E-state index in [4.69, 9.17) is 4.74 Å². The average molecular weight is 280 g/mol. The summed E-state index contributed by atoms with van der Waals surface area (Å²) in [6.07, 6.45) is -0.280. The van der Waals surface area contributed by atoms with Crippen LogP contribution >= 0.6 is 0 Å². The molecule has 20 heavy (non-hydrogen) atoms. The summed E-state index contributed by atoms with van der Waals surface area (Å²) in [7, 11) is 0. The minimum Gasteiger partial charge on any atom is -0.394 e. The summed E-state index contributed by atoms with van der Waals surface area (Å²) in [6.45, 7) is 6.93. The van der Waals surface area contributed by atoms with E-state index in [2.05, 4.69) is 0 Å². The molecule has 0 aromatic heterocycles. The molecule has 0 spiro atoms. The topological polar surface area (TPSA) is 75.8 Å². The Kier molecular flexibility index (Phi) is 3.96. The molecule has 6 heteroatoms. The molecule has 0 bridgehead atoms. The highest BCUT2D eigenvalue weighted by atomic mass is 16.6. The molecule has 1 aromatic carbocycles. The van der Waals surface area contributed by atoms with Gasteiger partial charge >= 0.3 is 0 Å². The number of non-ortho nitro benzene ring substituents is 1. The first-order valence-electron chi connectivity index (χ1n) is 6.61. The number of benzene rings is 1. The number of morpholine rings is 1. The van der Waals surface area contributed by atoms with Gasteiger partial charge in [0.25, 0.3) is 5.69 Å². The maximum atomic E-state index is 10.9.